The Kier molecular flexibility index (Phi) is 4.41. The number of halogens is 1. The second-order valence-electron chi connectivity index (χ2n) is 4.11. The van der Waals surface area contributed by atoms with Crippen molar-refractivity contribution in [1.29, 1.82) is 0 Å². The highest BCUT2D eigenvalue weighted by Crippen LogP contribution is 2.35. The van der Waals surface area contributed by atoms with Crippen LogP contribution < -0.4 is 10.0 Å². The van der Waals surface area contributed by atoms with Crippen LogP contribution in [0.1, 0.15) is 12.8 Å². The molecule has 1 aliphatic rings. The Hall–Kier alpha value is -0.740. The quantitative estimate of drug-likeness (QED) is 0.447. The Morgan fingerprint density at radius 2 is 2.16 bits per heavy atom. The lowest BCUT2D eigenvalue weighted by Crippen LogP contribution is -2.32. The molecule has 0 spiro atoms. The summed E-state index contributed by atoms with van der Waals surface area (Å²) in [4.78, 5) is 9.90. The molecule has 106 valence electrons. The lowest BCUT2D eigenvalue weighted by molar-refractivity contribution is -0.384. The van der Waals surface area contributed by atoms with Gasteiger partial charge in [-0.3, -0.25) is 10.1 Å². The number of hydrogen-bond acceptors (Lipinski definition) is 6. The van der Waals surface area contributed by atoms with Gasteiger partial charge in [-0.2, -0.15) is 0 Å². The fraction of sp³-hybridized carbons (Fsp3) is 0.556. The van der Waals surface area contributed by atoms with Gasteiger partial charge in [0.25, 0.3) is 5.69 Å². The largest absolute Gasteiger partial charge is 0.313 e. The zero-order valence-electron chi connectivity index (χ0n) is 9.76. The van der Waals surface area contributed by atoms with E-state index in [0.29, 0.717) is 23.9 Å². The average molecular weight is 326 g/mol. The lowest BCUT2D eigenvalue weighted by Gasteiger charge is -2.04. The summed E-state index contributed by atoms with van der Waals surface area (Å²) in [5.74, 6) is 0. The minimum Gasteiger partial charge on any atom is -0.313 e. The first kappa shape index (κ1) is 14.7. The molecule has 2 rings (SSSR count). The summed E-state index contributed by atoms with van der Waals surface area (Å²) >= 11 is 6.31. The van der Waals surface area contributed by atoms with Crippen LogP contribution in [0, 0.1) is 10.1 Å². The Morgan fingerprint density at radius 3 is 2.68 bits per heavy atom. The number of hydrogen-bond donors (Lipinski definition) is 2. The van der Waals surface area contributed by atoms with Gasteiger partial charge in [-0.25, -0.2) is 13.1 Å². The molecule has 19 heavy (non-hydrogen) atoms. The third-order valence-corrected chi connectivity index (χ3v) is 5.81. The zero-order chi connectivity index (χ0) is 14.0. The van der Waals surface area contributed by atoms with E-state index in [1.807, 2.05) is 0 Å². The second-order valence-corrected chi connectivity index (χ2v) is 7.76. The van der Waals surface area contributed by atoms with Crippen molar-refractivity contribution in [1.82, 2.24) is 10.0 Å². The van der Waals surface area contributed by atoms with E-state index in [0.717, 1.165) is 18.9 Å². The Balaban J connectivity index is 1.97. The van der Waals surface area contributed by atoms with Gasteiger partial charge in [0.05, 0.1) is 4.92 Å². The molecule has 0 aromatic carbocycles. The predicted octanol–water partition coefficient (Wildman–Crippen LogP) is 1.34. The van der Waals surface area contributed by atoms with E-state index < -0.39 is 14.9 Å². The maximum absolute atomic E-state index is 11.9. The number of sulfonamides is 1. The SMILES string of the molecule is O=[N+]([O-])c1cc(S(=O)(=O)NCCNC2CC2)sc1Cl. The molecule has 0 unspecified atom stereocenters. The first-order valence-corrected chi connectivity index (χ1v) is 8.24. The first-order valence-electron chi connectivity index (χ1n) is 5.57. The molecule has 1 fully saturated rings. The van der Waals surface area contributed by atoms with E-state index in [4.69, 9.17) is 11.6 Å². The van der Waals surface area contributed by atoms with Gasteiger partial charge in [-0.05, 0) is 12.8 Å². The van der Waals surface area contributed by atoms with E-state index >= 15 is 0 Å². The second kappa shape index (κ2) is 5.71. The highest BCUT2D eigenvalue weighted by atomic mass is 35.5. The topological polar surface area (TPSA) is 101 Å². The predicted molar refractivity (Wildman–Crippen MR) is 72.2 cm³/mol. The van der Waals surface area contributed by atoms with Crippen LogP contribution in [-0.4, -0.2) is 32.5 Å². The van der Waals surface area contributed by atoms with Crippen LogP contribution in [0.4, 0.5) is 5.69 Å². The summed E-state index contributed by atoms with van der Waals surface area (Å²) in [6.45, 7) is 0.771. The summed E-state index contributed by atoms with van der Waals surface area (Å²) < 4.78 is 25.8. The standard InChI is InChI=1S/C9H12ClN3O4S2/c10-9-7(13(14)15)5-8(18-9)19(16,17)12-4-3-11-6-1-2-6/h5-6,11-12H,1-4H2. The van der Waals surface area contributed by atoms with Gasteiger partial charge < -0.3 is 5.32 Å². The normalized spacial score (nSPS) is 15.6. The fourth-order valence-electron chi connectivity index (χ4n) is 1.42. The highest BCUT2D eigenvalue weighted by Gasteiger charge is 2.25. The molecule has 0 saturated heterocycles. The van der Waals surface area contributed by atoms with Crippen molar-refractivity contribution in [2.45, 2.75) is 23.1 Å². The van der Waals surface area contributed by atoms with Gasteiger partial charge in [0, 0.05) is 25.2 Å². The Labute approximate surface area is 119 Å². The van der Waals surface area contributed by atoms with Gasteiger partial charge in [-0.15, -0.1) is 11.3 Å². The molecule has 7 nitrogen and oxygen atoms in total. The number of nitro groups is 1. The van der Waals surface area contributed by atoms with Gasteiger partial charge >= 0.3 is 0 Å². The molecule has 0 bridgehead atoms. The molecule has 1 aliphatic carbocycles. The molecule has 1 aromatic rings. The van der Waals surface area contributed by atoms with Crippen LogP contribution in [0.25, 0.3) is 0 Å². The molecule has 1 saturated carbocycles. The summed E-state index contributed by atoms with van der Waals surface area (Å²) in [6, 6.07) is 1.48. The molecule has 0 amide bonds. The minimum atomic E-state index is -3.73. The molecule has 0 atom stereocenters. The fourth-order valence-corrected chi connectivity index (χ4v) is 4.16. The van der Waals surface area contributed by atoms with E-state index in [9.17, 15) is 18.5 Å². The summed E-state index contributed by atoms with van der Waals surface area (Å²) in [6.07, 6.45) is 2.25. The first-order chi connectivity index (χ1) is 8.90. The number of rotatable bonds is 7. The van der Waals surface area contributed by atoms with Crippen molar-refractivity contribution >= 4 is 38.6 Å². The van der Waals surface area contributed by atoms with Crippen molar-refractivity contribution in [3.63, 3.8) is 0 Å². The average Bonchev–Trinajstić information content (AvgIpc) is 3.05. The highest BCUT2D eigenvalue weighted by molar-refractivity contribution is 7.91. The molecule has 1 heterocycles. The molecule has 0 aliphatic heterocycles. The molecular weight excluding hydrogens is 314 g/mol. The maximum Gasteiger partial charge on any atom is 0.300 e. The van der Waals surface area contributed by atoms with Crippen LogP contribution in [-0.2, 0) is 10.0 Å². The minimum absolute atomic E-state index is 0.138. The zero-order valence-corrected chi connectivity index (χ0v) is 12.1. The number of thiophene rings is 1. The Morgan fingerprint density at radius 1 is 1.47 bits per heavy atom. The van der Waals surface area contributed by atoms with E-state index in [2.05, 4.69) is 10.0 Å². The number of nitrogens with zero attached hydrogens (tertiary/aromatic N) is 1. The Bertz CT molecular complexity index is 582. The van der Waals surface area contributed by atoms with Crippen molar-refractivity contribution in [2.24, 2.45) is 0 Å². The van der Waals surface area contributed by atoms with Crippen LogP contribution >= 0.6 is 22.9 Å². The van der Waals surface area contributed by atoms with Crippen molar-refractivity contribution in [2.75, 3.05) is 13.1 Å². The van der Waals surface area contributed by atoms with Crippen LogP contribution in [0.15, 0.2) is 10.3 Å². The third-order valence-electron chi connectivity index (χ3n) is 2.54. The molecular formula is C9H12ClN3O4S2. The summed E-state index contributed by atoms with van der Waals surface area (Å²) in [5.41, 5.74) is -0.386. The van der Waals surface area contributed by atoms with Gasteiger partial charge in [0.1, 0.15) is 4.21 Å². The van der Waals surface area contributed by atoms with Crippen LogP contribution in [0.2, 0.25) is 4.34 Å². The van der Waals surface area contributed by atoms with Gasteiger partial charge in [-0.1, -0.05) is 11.6 Å². The van der Waals surface area contributed by atoms with Crippen molar-refractivity contribution in [3.8, 4) is 0 Å². The smallest absolute Gasteiger partial charge is 0.300 e. The molecule has 1 aromatic heterocycles. The summed E-state index contributed by atoms with van der Waals surface area (Å²) in [7, 11) is -3.73. The lowest BCUT2D eigenvalue weighted by atomic mass is 10.6. The molecule has 10 heteroatoms. The summed E-state index contributed by atoms with van der Waals surface area (Å²) in [5, 5.41) is 13.8. The maximum atomic E-state index is 11.9. The van der Waals surface area contributed by atoms with Crippen molar-refractivity contribution in [3.05, 3.63) is 20.5 Å². The molecule has 2 N–H and O–H groups in total. The third kappa shape index (κ3) is 3.86. The van der Waals surface area contributed by atoms with Gasteiger partial charge in [0.15, 0.2) is 4.34 Å². The van der Waals surface area contributed by atoms with Crippen LogP contribution in [0.3, 0.4) is 0 Å². The van der Waals surface area contributed by atoms with Gasteiger partial charge in [0.2, 0.25) is 10.0 Å². The number of nitrogens with one attached hydrogen (secondary N) is 2. The van der Waals surface area contributed by atoms with Crippen molar-refractivity contribution < 1.29 is 13.3 Å². The van der Waals surface area contributed by atoms with E-state index in [1.54, 1.807) is 0 Å². The van der Waals surface area contributed by atoms with E-state index in [1.165, 1.54) is 0 Å². The molecule has 0 radical (unpaired) electrons. The monoisotopic (exact) mass is 325 g/mol. The van der Waals surface area contributed by atoms with E-state index in [-0.39, 0.29) is 20.8 Å². The van der Waals surface area contributed by atoms with Crippen LogP contribution in [0.5, 0.6) is 0 Å².